The first kappa shape index (κ1) is 28.2. The van der Waals surface area contributed by atoms with Crippen LogP contribution >= 0.6 is 23.5 Å². The number of rotatable bonds is 9. The van der Waals surface area contributed by atoms with Gasteiger partial charge < -0.3 is 10.6 Å². The van der Waals surface area contributed by atoms with E-state index in [0.717, 1.165) is 6.07 Å². The van der Waals surface area contributed by atoms with Crippen LogP contribution in [0, 0.1) is 10.1 Å². The molecular formula is C19H14F7N3O4S2. The van der Waals surface area contributed by atoms with Crippen molar-refractivity contribution in [2.45, 2.75) is 34.1 Å². The Balaban J connectivity index is 2.13. The zero-order valence-corrected chi connectivity index (χ0v) is 18.9. The van der Waals surface area contributed by atoms with E-state index in [4.69, 9.17) is 0 Å². The maximum Gasteiger partial charge on any atom is 0.460 e. The van der Waals surface area contributed by atoms with Crippen LogP contribution < -0.4 is 10.6 Å². The van der Waals surface area contributed by atoms with Crippen LogP contribution in [0.3, 0.4) is 0 Å². The average molecular weight is 545 g/mol. The van der Waals surface area contributed by atoms with Crippen LogP contribution in [0.15, 0.2) is 52.3 Å². The Morgan fingerprint density at radius 2 is 1.57 bits per heavy atom. The Hall–Kier alpha value is -3.01. The summed E-state index contributed by atoms with van der Waals surface area (Å²) in [5, 5.41) is 10.6. The molecule has 0 saturated heterocycles. The average Bonchev–Trinajstić information content (AvgIpc) is 2.71. The van der Waals surface area contributed by atoms with Gasteiger partial charge in [0.2, 0.25) is 11.8 Å². The first-order chi connectivity index (χ1) is 16.0. The summed E-state index contributed by atoms with van der Waals surface area (Å²) in [4.78, 5) is 32.4. The number of alkyl halides is 7. The number of nitrogens with one attached hydrogen (secondary N) is 2. The van der Waals surface area contributed by atoms with Gasteiger partial charge in [0.05, 0.1) is 15.6 Å². The highest BCUT2D eigenvalue weighted by atomic mass is 32.2. The van der Waals surface area contributed by atoms with Gasteiger partial charge in [0, 0.05) is 29.3 Å². The minimum absolute atomic E-state index is 0.215. The summed E-state index contributed by atoms with van der Waals surface area (Å²) in [6.45, 7) is 1.28. The Bertz CT molecular complexity index is 1130. The second-order valence-electron chi connectivity index (χ2n) is 6.68. The van der Waals surface area contributed by atoms with Crippen LogP contribution in [-0.2, 0) is 9.59 Å². The van der Waals surface area contributed by atoms with Crippen LogP contribution in [0.4, 0.5) is 47.8 Å². The van der Waals surface area contributed by atoms with Gasteiger partial charge in [0.15, 0.2) is 0 Å². The maximum absolute atomic E-state index is 13.6. The van der Waals surface area contributed by atoms with Crippen LogP contribution in [0.1, 0.15) is 6.92 Å². The number of nitro groups is 1. The highest BCUT2D eigenvalue weighted by molar-refractivity contribution is 8.00. The standard InChI is InChI=1S/C19H14F7N3O4S2/c1-10(30)27-11-3-2-4-12(7-11)28-16(31)9-34-15-6-5-13(8-14(15)29(32)33)35-19(25,26)17(20,21)18(22,23)24/h2-8H,9H2,1H3,(H,27,30)(H,28,31). The molecule has 190 valence electrons. The van der Waals surface area contributed by atoms with Gasteiger partial charge >= 0.3 is 17.4 Å². The lowest BCUT2D eigenvalue weighted by molar-refractivity contribution is -0.387. The number of nitrogens with zero attached hydrogens (tertiary/aromatic N) is 1. The van der Waals surface area contributed by atoms with Gasteiger partial charge in [-0.1, -0.05) is 6.07 Å². The maximum atomic E-state index is 13.6. The molecule has 0 atom stereocenters. The second kappa shape index (κ2) is 10.7. The fraction of sp³-hybridized carbons (Fsp3) is 0.263. The monoisotopic (exact) mass is 545 g/mol. The van der Waals surface area contributed by atoms with E-state index in [2.05, 4.69) is 10.6 Å². The van der Waals surface area contributed by atoms with Crippen molar-refractivity contribution in [2.75, 3.05) is 16.4 Å². The molecule has 0 unspecified atom stereocenters. The predicted molar refractivity (Wildman–Crippen MR) is 115 cm³/mol. The number of carbonyl (C=O) groups is 2. The lowest BCUT2D eigenvalue weighted by Gasteiger charge is -2.27. The van der Waals surface area contributed by atoms with Gasteiger partial charge in [0.25, 0.3) is 5.69 Å². The van der Waals surface area contributed by atoms with Crippen molar-refractivity contribution in [3.05, 3.63) is 52.6 Å². The molecule has 0 aromatic heterocycles. The summed E-state index contributed by atoms with van der Waals surface area (Å²) in [6, 6.07) is 8.01. The van der Waals surface area contributed by atoms with E-state index in [9.17, 15) is 50.4 Å². The number of anilines is 2. The number of hydrogen-bond acceptors (Lipinski definition) is 6. The fourth-order valence-electron chi connectivity index (χ4n) is 2.42. The van der Waals surface area contributed by atoms with Crippen LogP contribution in [0.2, 0.25) is 0 Å². The van der Waals surface area contributed by atoms with Gasteiger partial charge in [-0.2, -0.15) is 30.7 Å². The van der Waals surface area contributed by atoms with Gasteiger partial charge in [-0.05, 0) is 42.1 Å². The van der Waals surface area contributed by atoms with Crippen molar-refractivity contribution in [1.29, 1.82) is 0 Å². The third kappa shape index (κ3) is 7.24. The number of carbonyl (C=O) groups excluding carboxylic acids is 2. The Morgan fingerprint density at radius 1 is 0.971 bits per heavy atom. The molecule has 35 heavy (non-hydrogen) atoms. The molecule has 16 heteroatoms. The summed E-state index contributed by atoms with van der Waals surface area (Å²) in [7, 11) is 0. The van der Waals surface area contributed by atoms with Crippen molar-refractivity contribution >= 4 is 52.4 Å². The minimum Gasteiger partial charge on any atom is -0.326 e. The molecule has 0 radical (unpaired) electrons. The number of hydrogen-bond donors (Lipinski definition) is 2. The first-order valence-corrected chi connectivity index (χ1v) is 10.9. The molecule has 0 aliphatic rings. The topological polar surface area (TPSA) is 101 Å². The molecule has 0 aliphatic heterocycles. The van der Waals surface area contributed by atoms with E-state index in [1.807, 2.05) is 0 Å². The molecule has 0 fully saturated rings. The summed E-state index contributed by atoms with van der Waals surface area (Å²) in [5.41, 5.74) is -0.193. The lowest BCUT2D eigenvalue weighted by Crippen LogP contribution is -2.49. The third-order valence-electron chi connectivity index (χ3n) is 3.92. The molecule has 7 nitrogen and oxygen atoms in total. The first-order valence-electron chi connectivity index (χ1n) is 9.13. The van der Waals surface area contributed by atoms with Gasteiger partial charge in [0.1, 0.15) is 0 Å². The predicted octanol–water partition coefficient (Wildman–Crippen LogP) is 6.17. The summed E-state index contributed by atoms with van der Waals surface area (Å²) >= 11 is -0.569. The highest BCUT2D eigenvalue weighted by Gasteiger charge is 2.73. The highest BCUT2D eigenvalue weighted by Crippen LogP contribution is 2.54. The van der Waals surface area contributed by atoms with Gasteiger partial charge in [-0.15, -0.1) is 11.8 Å². The number of benzene rings is 2. The third-order valence-corrected chi connectivity index (χ3v) is 5.99. The Kier molecular flexibility index (Phi) is 8.65. The zero-order chi connectivity index (χ0) is 26.6. The lowest BCUT2D eigenvalue weighted by atomic mass is 10.2. The number of nitro benzene ring substituents is 1. The van der Waals surface area contributed by atoms with E-state index >= 15 is 0 Å². The van der Waals surface area contributed by atoms with Crippen molar-refractivity contribution in [3.63, 3.8) is 0 Å². The molecule has 2 N–H and O–H groups in total. The molecule has 0 heterocycles. The molecule has 0 spiro atoms. The molecule has 2 aromatic rings. The van der Waals surface area contributed by atoms with E-state index in [1.54, 1.807) is 6.07 Å². The molecule has 0 aliphatic carbocycles. The van der Waals surface area contributed by atoms with Crippen molar-refractivity contribution in [1.82, 2.24) is 0 Å². The van der Waals surface area contributed by atoms with E-state index in [-0.39, 0.29) is 16.5 Å². The van der Waals surface area contributed by atoms with E-state index in [1.165, 1.54) is 25.1 Å². The Morgan fingerprint density at radius 3 is 2.11 bits per heavy atom. The minimum atomic E-state index is -6.54. The molecule has 2 rings (SSSR count). The summed E-state index contributed by atoms with van der Waals surface area (Å²) in [6.07, 6.45) is -6.54. The normalized spacial score (nSPS) is 12.2. The number of amides is 2. The van der Waals surface area contributed by atoms with Crippen molar-refractivity contribution < 1.29 is 45.2 Å². The second-order valence-corrected chi connectivity index (χ2v) is 8.88. The molecule has 2 amide bonds. The molecule has 0 bridgehead atoms. The number of thioether (sulfide) groups is 2. The van der Waals surface area contributed by atoms with Gasteiger partial charge in [-0.25, -0.2) is 0 Å². The molecule has 0 saturated carbocycles. The van der Waals surface area contributed by atoms with Crippen molar-refractivity contribution in [3.8, 4) is 0 Å². The number of halogens is 7. The quantitative estimate of drug-likeness (QED) is 0.169. The van der Waals surface area contributed by atoms with E-state index < -0.39 is 56.3 Å². The van der Waals surface area contributed by atoms with Crippen LogP contribution in [0.5, 0.6) is 0 Å². The van der Waals surface area contributed by atoms with Gasteiger partial charge in [-0.3, -0.25) is 19.7 Å². The smallest absolute Gasteiger partial charge is 0.326 e. The van der Waals surface area contributed by atoms with E-state index in [0.29, 0.717) is 29.6 Å². The summed E-state index contributed by atoms with van der Waals surface area (Å²) < 4.78 is 90.4. The zero-order valence-electron chi connectivity index (χ0n) is 17.3. The largest absolute Gasteiger partial charge is 0.460 e. The van der Waals surface area contributed by atoms with Crippen LogP contribution in [0.25, 0.3) is 0 Å². The fourth-order valence-corrected chi connectivity index (χ4v) is 4.07. The molecular weight excluding hydrogens is 531 g/mol. The Labute approximate surface area is 201 Å². The molecule has 2 aromatic carbocycles. The van der Waals surface area contributed by atoms with Crippen molar-refractivity contribution in [2.24, 2.45) is 0 Å². The SMILES string of the molecule is CC(=O)Nc1cccc(NC(=O)CSc2ccc(SC(F)(F)C(F)(F)C(F)(F)F)cc2[N+](=O)[O-])c1. The van der Waals surface area contributed by atoms with Crippen LogP contribution in [-0.4, -0.2) is 39.8 Å². The summed E-state index contributed by atoms with van der Waals surface area (Å²) in [5.74, 6) is -7.78.